The summed E-state index contributed by atoms with van der Waals surface area (Å²) in [4.78, 5) is 17.7. The maximum Gasteiger partial charge on any atom is 0.181 e. The monoisotopic (exact) mass is 879 g/mol. The second-order valence-electron chi connectivity index (χ2n) is 15.7. The first-order valence-electron chi connectivity index (χ1n) is 22.6. The molecule has 0 aliphatic heterocycles. The van der Waals surface area contributed by atoms with Gasteiger partial charge in [0.05, 0.1) is 57.9 Å². The van der Waals surface area contributed by atoms with Gasteiger partial charge in [0.2, 0.25) is 0 Å². The normalized spacial score (nSPS) is 11.3. The van der Waals surface area contributed by atoms with Crippen molar-refractivity contribution in [2.75, 3.05) is 41.7 Å². The van der Waals surface area contributed by atoms with E-state index in [9.17, 15) is 0 Å². The number of pyridine rings is 1. The van der Waals surface area contributed by atoms with Crippen molar-refractivity contribution in [1.82, 2.24) is 15.0 Å². The van der Waals surface area contributed by atoms with Crippen molar-refractivity contribution >= 4 is 33.7 Å². The van der Waals surface area contributed by atoms with E-state index in [0.717, 1.165) is 62.2 Å². The van der Waals surface area contributed by atoms with Crippen molar-refractivity contribution in [2.45, 2.75) is 117 Å². The maximum atomic E-state index is 6.22. The standard InChI is InChI=1S/C51H65N3O6S2/c1-7-9-11-13-15-17-19-21-31-59-38-27-23-36(24-28-38)43-44(37-25-29-39(30-26-37)60-32-22-20-18-16-14-12-10-8-2)54-46-45(53-43)40(50-48(57-5)41(55-3)34-61-50)33-52-47(46)51-49(58-6)42(56-4)35-62-51/h23-30,33-35H,7-22,31-32H2,1-6H3. The molecule has 11 heteroatoms. The average molecular weight is 880 g/mol. The molecule has 4 heterocycles. The summed E-state index contributed by atoms with van der Waals surface area (Å²) in [7, 11) is 6.57. The number of hydrogen-bond acceptors (Lipinski definition) is 11. The smallest absolute Gasteiger partial charge is 0.181 e. The molecule has 0 saturated heterocycles. The number of rotatable bonds is 28. The zero-order chi connectivity index (χ0) is 43.5. The number of thiophene rings is 2. The lowest BCUT2D eigenvalue weighted by Gasteiger charge is -2.16. The van der Waals surface area contributed by atoms with Crippen molar-refractivity contribution in [1.29, 1.82) is 0 Å². The van der Waals surface area contributed by atoms with Crippen LogP contribution in [0.15, 0.2) is 65.5 Å². The molecule has 0 aliphatic rings. The molecule has 0 amide bonds. The number of nitrogens with zero attached hydrogens (tertiary/aromatic N) is 3. The van der Waals surface area contributed by atoms with E-state index >= 15 is 0 Å². The third kappa shape index (κ3) is 12.0. The number of hydrogen-bond donors (Lipinski definition) is 0. The summed E-state index contributed by atoms with van der Waals surface area (Å²) in [5.41, 5.74) is 6.00. The van der Waals surface area contributed by atoms with Gasteiger partial charge in [-0.3, -0.25) is 4.98 Å². The molecule has 2 aromatic carbocycles. The van der Waals surface area contributed by atoms with Gasteiger partial charge in [-0.05, 0) is 61.4 Å². The number of ether oxygens (including phenoxy) is 6. The largest absolute Gasteiger partial charge is 0.494 e. The van der Waals surface area contributed by atoms with Crippen LogP contribution in [0.1, 0.15) is 117 Å². The fraction of sp³-hybridized carbons (Fsp3) is 0.471. The first kappa shape index (κ1) is 46.6. The fourth-order valence-corrected chi connectivity index (χ4v) is 9.70. The minimum absolute atomic E-state index is 0.599. The summed E-state index contributed by atoms with van der Waals surface area (Å²) >= 11 is 3.01. The summed E-state index contributed by atoms with van der Waals surface area (Å²) < 4.78 is 35.6. The van der Waals surface area contributed by atoms with Gasteiger partial charge in [-0.1, -0.05) is 104 Å². The number of unbranched alkanes of at least 4 members (excludes halogenated alkanes) is 14. The fourth-order valence-electron chi connectivity index (χ4n) is 7.72. The summed E-state index contributed by atoms with van der Waals surface area (Å²) in [6, 6.07) is 16.4. The van der Waals surface area contributed by atoms with Gasteiger partial charge in [0.1, 0.15) is 33.1 Å². The number of fused-ring (bicyclic) bond motifs is 1. The van der Waals surface area contributed by atoms with E-state index in [-0.39, 0.29) is 0 Å². The van der Waals surface area contributed by atoms with Crippen LogP contribution in [0.4, 0.5) is 0 Å². The Balaban J connectivity index is 1.36. The van der Waals surface area contributed by atoms with Crippen LogP contribution in [0.5, 0.6) is 34.5 Å². The van der Waals surface area contributed by atoms with Gasteiger partial charge >= 0.3 is 0 Å². The molecule has 0 unspecified atom stereocenters. The first-order valence-corrected chi connectivity index (χ1v) is 24.4. The third-order valence-electron chi connectivity index (χ3n) is 11.2. The summed E-state index contributed by atoms with van der Waals surface area (Å²) in [5, 5.41) is 3.87. The van der Waals surface area contributed by atoms with Crippen LogP contribution in [0.2, 0.25) is 0 Å². The first-order chi connectivity index (χ1) is 30.5. The Morgan fingerprint density at radius 2 is 0.871 bits per heavy atom. The molecule has 4 aromatic heterocycles. The summed E-state index contributed by atoms with van der Waals surface area (Å²) in [6.07, 6.45) is 22.0. The van der Waals surface area contributed by atoms with Crippen molar-refractivity contribution < 1.29 is 28.4 Å². The second kappa shape index (κ2) is 24.7. The Bertz CT molecular complexity index is 2100. The quantitative estimate of drug-likeness (QED) is 0.0447. The van der Waals surface area contributed by atoms with Gasteiger partial charge in [-0.25, -0.2) is 9.97 Å². The predicted molar refractivity (Wildman–Crippen MR) is 257 cm³/mol. The average Bonchev–Trinajstić information content (AvgIpc) is 3.94. The third-order valence-corrected chi connectivity index (χ3v) is 13.1. The molecular formula is C51H65N3O6S2. The maximum absolute atomic E-state index is 6.22. The Labute approximate surface area is 377 Å². The molecule has 0 atom stereocenters. The van der Waals surface area contributed by atoms with Crippen molar-refractivity contribution in [3.8, 4) is 78.0 Å². The summed E-state index contributed by atoms with van der Waals surface area (Å²) in [6.45, 7) is 5.92. The van der Waals surface area contributed by atoms with Gasteiger partial charge in [0, 0.05) is 33.6 Å². The lowest BCUT2D eigenvalue weighted by molar-refractivity contribution is 0.304. The highest BCUT2D eigenvalue weighted by molar-refractivity contribution is 7.14. The number of benzene rings is 2. The topological polar surface area (TPSA) is 94.1 Å². The van der Waals surface area contributed by atoms with Gasteiger partial charge in [0.25, 0.3) is 0 Å². The van der Waals surface area contributed by atoms with E-state index < -0.39 is 0 Å². The predicted octanol–water partition coefficient (Wildman–Crippen LogP) is 14.9. The van der Waals surface area contributed by atoms with E-state index in [2.05, 4.69) is 38.1 Å². The molecule has 0 aliphatic carbocycles. The van der Waals surface area contributed by atoms with Crippen molar-refractivity contribution in [3.63, 3.8) is 0 Å². The van der Waals surface area contributed by atoms with Crippen LogP contribution in [-0.4, -0.2) is 56.6 Å². The highest BCUT2D eigenvalue weighted by Gasteiger charge is 2.26. The molecule has 6 aromatic rings. The minimum atomic E-state index is 0.599. The van der Waals surface area contributed by atoms with E-state index in [0.29, 0.717) is 52.9 Å². The van der Waals surface area contributed by atoms with Crippen LogP contribution in [0.25, 0.3) is 54.6 Å². The Morgan fingerprint density at radius 3 is 1.32 bits per heavy atom. The highest BCUT2D eigenvalue weighted by atomic mass is 32.1. The van der Waals surface area contributed by atoms with Crippen molar-refractivity contribution in [3.05, 3.63) is 65.5 Å². The lowest BCUT2D eigenvalue weighted by atomic mass is 10.0. The molecule has 0 radical (unpaired) electrons. The van der Waals surface area contributed by atoms with E-state index in [1.54, 1.807) is 28.4 Å². The van der Waals surface area contributed by atoms with Crippen LogP contribution in [0, 0.1) is 0 Å². The SMILES string of the molecule is CCCCCCCCCCOc1ccc(-c2nc3c(-c4scc(OC)c4OC)cnc(-c4scc(OC)c4OC)c3nc2-c2ccc(OCCCCCCCCCC)cc2)cc1. The number of methoxy groups -OCH3 is 4. The van der Waals surface area contributed by atoms with E-state index in [1.165, 1.54) is 113 Å². The number of aromatic nitrogens is 3. The van der Waals surface area contributed by atoms with Crippen LogP contribution < -0.4 is 28.4 Å². The van der Waals surface area contributed by atoms with Gasteiger partial charge in [-0.15, -0.1) is 22.7 Å². The molecule has 0 saturated carbocycles. The summed E-state index contributed by atoms with van der Waals surface area (Å²) in [5.74, 6) is 4.17. The van der Waals surface area contributed by atoms with Crippen LogP contribution in [-0.2, 0) is 0 Å². The second-order valence-corrected chi connectivity index (χ2v) is 17.4. The Hall–Kier alpha value is -4.87. The molecular weight excluding hydrogens is 815 g/mol. The van der Waals surface area contributed by atoms with E-state index in [1.807, 2.05) is 41.2 Å². The molecule has 0 spiro atoms. The molecule has 332 valence electrons. The van der Waals surface area contributed by atoms with E-state index in [4.69, 9.17) is 43.4 Å². The Morgan fingerprint density at radius 1 is 0.452 bits per heavy atom. The molecule has 6 rings (SSSR count). The van der Waals surface area contributed by atoms with Gasteiger partial charge in [-0.2, -0.15) is 0 Å². The molecule has 0 N–H and O–H groups in total. The molecule has 0 bridgehead atoms. The molecule has 9 nitrogen and oxygen atoms in total. The lowest BCUT2D eigenvalue weighted by Crippen LogP contribution is -2.01. The molecule has 62 heavy (non-hydrogen) atoms. The molecule has 0 fully saturated rings. The van der Waals surface area contributed by atoms with Gasteiger partial charge < -0.3 is 28.4 Å². The Kier molecular flexibility index (Phi) is 18.6. The highest BCUT2D eigenvalue weighted by Crippen LogP contribution is 2.50. The van der Waals surface area contributed by atoms with Gasteiger partial charge in [0.15, 0.2) is 23.0 Å². The van der Waals surface area contributed by atoms with Crippen LogP contribution >= 0.6 is 22.7 Å². The zero-order valence-electron chi connectivity index (χ0n) is 37.7. The van der Waals surface area contributed by atoms with Crippen LogP contribution in [0.3, 0.4) is 0 Å². The minimum Gasteiger partial charge on any atom is -0.494 e. The zero-order valence-corrected chi connectivity index (χ0v) is 39.3. The van der Waals surface area contributed by atoms with Crippen molar-refractivity contribution in [2.24, 2.45) is 0 Å².